The number of ether oxygens (including phenoxy) is 2. The Morgan fingerprint density at radius 2 is 1.42 bits per heavy atom. The third kappa shape index (κ3) is 5.28. The minimum atomic E-state index is -0.959. The van der Waals surface area contributed by atoms with E-state index in [9.17, 15) is 4.79 Å². The molecule has 24 heavy (non-hydrogen) atoms. The predicted molar refractivity (Wildman–Crippen MR) is 93.4 cm³/mol. The standard InChI is InChI=1S/C19H24N2O3/c1-18(2,3)24-17(22)20-21-19(4,15-11-7-5-8-12-15)23-16-13-9-6-10-14-16/h5-14,21H,1-4H3,(H,20,22). The van der Waals surface area contributed by atoms with Crippen LogP contribution in [0.3, 0.4) is 0 Å². The molecule has 128 valence electrons. The van der Waals surface area contributed by atoms with E-state index in [4.69, 9.17) is 9.47 Å². The van der Waals surface area contributed by atoms with Crippen molar-refractivity contribution in [2.45, 2.75) is 39.0 Å². The van der Waals surface area contributed by atoms with Gasteiger partial charge in [0, 0.05) is 5.56 Å². The van der Waals surface area contributed by atoms with Gasteiger partial charge in [-0.1, -0.05) is 48.5 Å². The molecule has 0 aromatic heterocycles. The van der Waals surface area contributed by atoms with Crippen molar-refractivity contribution < 1.29 is 14.3 Å². The molecule has 2 N–H and O–H groups in total. The Hall–Kier alpha value is -2.53. The van der Waals surface area contributed by atoms with E-state index in [-0.39, 0.29) is 0 Å². The van der Waals surface area contributed by atoms with Gasteiger partial charge in [-0.05, 0) is 39.8 Å². The maximum absolute atomic E-state index is 11.9. The van der Waals surface area contributed by atoms with Crippen molar-refractivity contribution in [3.8, 4) is 5.75 Å². The summed E-state index contributed by atoms with van der Waals surface area (Å²) in [5.74, 6) is 0.683. The smallest absolute Gasteiger partial charge is 0.422 e. The largest absolute Gasteiger partial charge is 0.467 e. The second kappa shape index (κ2) is 7.36. The van der Waals surface area contributed by atoms with Crippen LogP contribution in [0.4, 0.5) is 4.79 Å². The second-order valence-corrected chi connectivity index (χ2v) is 6.57. The molecule has 0 fully saturated rings. The van der Waals surface area contributed by atoms with Gasteiger partial charge in [-0.15, -0.1) is 0 Å². The van der Waals surface area contributed by atoms with Crippen LogP contribution in [0.15, 0.2) is 60.7 Å². The van der Waals surface area contributed by atoms with Crippen molar-refractivity contribution in [3.05, 3.63) is 66.2 Å². The number of amides is 1. The fraction of sp³-hybridized carbons (Fsp3) is 0.316. The molecule has 0 saturated heterocycles. The van der Waals surface area contributed by atoms with Crippen LogP contribution in [0, 0.1) is 0 Å². The third-order valence-electron chi connectivity index (χ3n) is 3.19. The summed E-state index contributed by atoms with van der Waals surface area (Å²) in [5.41, 5.74) is 4.83. The molecular weight excluding hydrogens is 304 g/mol. The summed E-state index contributed by atoms with van der Waals surface area (Å²) in [6.45, 7) is 7.27. The van der Waals surface area contributed by atoms with Crippen molar-refractivity contribution in [2.75, 3.05) is 0 Å². The normalized spacial score (nSPS) is 13.7. The summed E-state index contributed by atoms with van der Waals surface area (Å²) < 4.78 is 11.3. The molecule has 0 radical (unpaired) electrons. The van der Waals surface area contributed by atoms with Gasteiger partial charge in [0.1, 0.15) is 11.4 Å². The molecular formula is C19H24N2O3. The number of benzene rings is 2. The zero-order valence-corrected chi connectivity index (χ0v) is 14.5. The lowest BCUT2D eigenvalue weighted by atomic mass is 10.1. The minimum Gasteiger partial charge on any atom is -0.467 e. The first-order chi connectivity index (χ1) is 11.3. The van der Waals surface area contributed by atoms with Crippen molar-refractivity contribution in [3.63, 3.8) is 0 Å². The SMILES string of the molecule is CC(C)(C)OC(=O)NNC(C)(Oc1ccccc1)c1ccccc1. The number of hydrogen-bond donors (Lipinski definition) is 2. The first-order valence-electron chi connectivity index (χ1n) is 7.84. The first kappa shape index (κ1) is 17.8. The summed E-state index contributed by atoms with van der Waals surface area (Å²) in [6.07, 6.45) is -0.568. The highest BCUT2D eigenvalue weighted by atomic mass is 16.6. The van der Waals surface area contributed by atoms with Gasteiger partial charge in [0.2, 0.25) is 5.72 Å². The molecule has 0 saturated carbocycles. The molecule has 0 aliphatic carbocycles. The fourth-order valence-electron chi connectivity index (χ4n) is 2.11. The summed E-state index contributed by atoms with van der Waals surface area (Å²) in [5, 5.41) is 0. The average Bonchev–Trinajstić information content (AvgIpc) is 2.53. The van der Waals surface area contributed by atoms with Gasteiger partial charge in [0.25, 0.3) is 0 Å². The minimum absolute atomic E-state index is 0.568. The average molecular weight is 328 g/mol. The van der Waals surface area contributed by atoms with Crippen molar-refractivity contribution >= 4 is 6.09 Å². The van der Waals surface area contributed by atoms with Crippen LogP contribution in [-0.2, 0) is 10.5 Å². The fourth-order valence-corrected chi connectivity index (χ4v) is 2.11. The second-order valence-electron chi connectivity index (χ2n) is 6.57. The summed E-state index contributed by atoms with van der Waals surface area (Å²) in [7, 11) is 0. The number of hydrazine groups is 1. The van der Waals surface area contributed by atoms with E-state index in [1.807, 2.05) is 88.4 Å². The zero-order valence-electron chi connectivity index (χ0n) is 14.5. The Kier molecular flexibility index (Phi) is 5.46. The highest BCUT2D eigenvalue weighted by Crippen LogP contribution is 2.25. The topological polar surface area (TPSA) is 59.6 Å². The Morgan fingerprint density at radius 3 is 1.96 bits per heavy atom. The quantitative estimate of drug-likeness (QED) is 0.644. The summed E-state index contributed by atoms with van der Waals surface area (Å²) in [6, 6.07) is 19.0. The van der Waals surface area contributed by atoms with E-state index in [1.165, 1.54) is 0 Å². The molecule has 0 spiro atoms. The van der Waals surface area contributed by atoms with E-state index in [0.29, 0.717) is 5.75 Å². The molecule has 5 nitrogen and oxygen atoms in total. The van der Waals surface area contributed by atoms with Crippen LogP contribution in [0.25, 0.3) is 0 Å². The molecule has 2 rings (SSSR count). The monoisotopic (exact) mass is 328 g/mol. The maximum atomic E-state index is 11.9. The molecule has 5 heteroatoms. The van der Waals surface area contributed by atoms with Gasteiger partial charge in [0.15, 0.2) is 0 Å². The molecule has 1 atom stereocenters. The Labute approximate surface area is 143 Å². The van der Waals surface area contributed by atoms with Gasteiger partial charge in [-0.2, -0.15) is 5.43 Å². The van der Waals surface area contributed by atoms with Gasteiger partial charge in [-0.25, -0.2) is 4.79 Å². The van der Waals surface area contributed by atoms with Crippen molar-refractivity contribution in [2.24, 2.45) is 0 Å². The number of carbonyl (C=O) groups excluding carboxylic acids is 1. The summed E-state index contributed by atoms with van der Waals surface area (Å²) in [4.78, 5) is 11.9. The van der Waals surface area contributed by atoms with Crippen LogP contribution in [0.2, 0.25) is 0 Å². The predicted octanol–water partition coefficient (Wildman–Crippen LogP) is 3.97. The summed E-state index contributed by atoms with van der Waals surface area (Å²) >= 11 is 0. The number of carbonyl (C=O) groups is 1. The molecule has 2 aromatic rings. The van der Waals surface area contributed by atoms with Crippen LogP contribution in [-0.4, -0.2) is 11.7 Å². The van der Waals surface area contributed by atoms with Gasteiger partial charge < -0.3 is 9.47 Å². The molecule has 0 aliphatic rings. The van der Waals surface area contributed by atoms with E-state index in [2.05, 4.69) is 10.9 Å². The molecule has 1 unspecified atom stereocenters. The number of hydrogen-bond acceptors (Lipinski definition) is 4. The Morgan fingerprint density at radius 1 is 0.875 bits per heavy atom. The van der Waals surface area contributed by atoms with Crippen molar-refractivity contribution in [1.82, 2.24) is 10.9 Å². The van der Waals surface area contributed by atoms with E-state index in [1.54, 1.807) is 0 Å². The molecule has 0 bridgehead atoms. The maximum Gasteiger partial charge on any atom is 0.422 e. The highest BCUT2D eigenvalue weighted by molar-refractivity contribution is 5.67. The number of nitrogens with one attached hydrogen (secondary N) is 2. The first-order valence-corrected chi connectivity index (χ1v) is 7.84. The molecule has 0 aliphatic heterocycles. The van der Waals surface area contributed by atoms with Gasteiger partial charge in [-0.3, -0.25) is 5.43 Å². The van der Waals surface area contributed by atoms with Gasteiger partial charge in [0.05, 0.1) is 0 Å². The van der Waals surface area contributed by atoms with Crippen LogP contribution >= 0.6 is 0 Å². The third-order valence-corrected chi connectivity index (χ3v) is 3.19. The lowest BCUT2D eigenvalue weighted by Gasteiger charge is -2.32. The van der Waals surface area contributed by atoms with Crippen molar-refractivity contribution in [1.29, 1.82) is 0 Å². The van der Waals surface area contributed by atoms with E-state index in [0.717, 1.165) is 5.56 Å². The Bertz CT molecular complexity index is 653. The molecule has 1 amide bonds. The van der Waals surface area contributed by atoms with Crippen LogP contribution in [0.1, 0.15) is 33.3 Å². The zero-order chi connectivity index (χ0) is 17.6. The lowest BCUT2D eigenvalue weighted by Crippen LogP contribution is -2.54. The number of rotatable bonds is 5. The van der Waals surface area contributed by atoms with Gasteiger partial charge >= 0.3 is 6.09 Å². The highest BCUT2D eigenvalue weighted by Gasteiger charge is 2.30. The number of para-hydroxylation sites is 1. The van der Waals surface area contributed by atoms with E-state index >= 15 is 0 Å². The van der Waals surface area contributed by atoms with E-state index < -0.39 is 17.4 Å². The molecule has 2 aromatic carbocycles. The lowest BCUT2D eigenvalue weighted by molar-refractivity contribution is 0.0121. The molecule has 0 heterocycles. The van der Waals surface area contributed by atoms with Crippen LogP contribution < -0.4 is 15.6 Å². The Balaban J connectivity index is 2.16. The van der Waals surface area contributed by atoms with Crippen LogP contribution in [0.5, 0.6) is 5.75 Å².